The molecule has 0 N–H and O–H groups in total. The van der Waals surface area contributed by atoms with Gasteiger partial charge in [-0.25, -0.2) is 9.50 Å². The molecule has 0 aliphatic rings. The van der Waals surface area contributed by atoms with Crippen molar-refractivity contribution in [1.29, 1.82) is 0 Å². The number of rotatable bonds is 1. The first-order chi connectivity index (χ1) is 8.78. The van der Waals surface area contributed by atoms with Crippen LogP contribution in [0.15, 0.2) is 42.7 Å². The van der Waals surface area contributed by atoms with Crippen LogP contribution in [0.3, 0.4) is 0 Å². The molecule has 18 heavy (non-hydrogen) atoms. The molecule has 4 heteroatoms. The molecular formula is C14H8ClN3. The van der Waals surface area contributed by atoms with Crippen LogP contribution < -0.4 is 0 Å². The fourth-order valence-electron chi connectivity index (χ4n) is 1.75. The second kappa shape index (κ2) is 4.17. The van der Waals surface area contributed by atoms with Crippen LogP contribution in [-0.2, 0) is 0 Å². The average molecular weight is 254 g/mol. The van der Waals surface area contributed by atoms with E-state index in [0.29, 0.717) is 16.2 Å². The van der Waals surface area contributed by atoms with Gasteiger partial charge < -0.3 is 0 Å². The lowest BCUT2D eigenvalue weighted by molar-refractivity contribution is 0.941. The number of aromatic nitrogens is 3. The second-order valence-electron chi connectivity index (χ2n) is 3.79. The summed E-state index contributed by atoms with van der Waals surface area (Å²) in [5, 5.41) is 4.83. The highest BCUT2D eigenvalue weighted by atomic mass is 35.5. The summed E-state index contributed by atoms with van der Waals surface area (Å²) in [7, 11) is 0. The molecule has 0 amide bonds. The van der Waals surface area contributed by atoms with Crippen LogP contribution >= 0.6 is 11.6 Å². The fraction of sp³-hybridized carbons (Fsp3) is 0. The van der Waals surface area contributed by atoms with Crippen molar-refractivity contribution in [1.82, 2.24) is 14.6 Å². The highest BCUT2D eigenvalue weighted by Crippen LogP contribution is 2.20. The van der Waals surface area contributed by atoms with Gasteiger partial charge in [-0.05, 0) is 18.2 Å². The van der Waals surface area contributed by atoms with Crippen molar-refractivity contribution in [2.24, 2.45) is 0 Å². The topological polar surface area (TPSA) is 30.2 Å². The molecule has 0 spiro atoms. The molecule has 0 atom stereocenters. The van der Waals surface area contributed by atoms with E-state index in [-0.39, 0.29) is 0 Å². The predicted octanol–water partition coefficient (Wildman–Crippen LogP) is 3.03. The molecule has 0 aliphatic heterocycles. The molecule has 0 aliphatic carbocycles. The van der Waals surface area contributed by atoms with E-state index in [2.05, 4.69) is 16.0 Å². The number of hydrogen-bond donors (Lipinski definition) is 0. The molecule has 86 valence electrons. The van der Waals surface area contributed by atoms with Crippen LogP contribution in [0.2, 0.25) is 5.02 Å². The van der Waals surface area contributed by atoms with Gasteiger partial charge in [0.15, 0.2) is 5.65 Å². The zero-order valence-electron chi connectivity index (χ0n) is 9.34. The molecule has 0 saturated carbocycles. The summed E-state index contributed by atoms with van der Waals surface area (Å²) in [6.45, 7) is 0. The van der Waals surface area contributed by atoms with Crippen LogP contribution in [0, 0.1) is 12.3 Å². The largest absolute Gasteiger partial charge is 0.227 e. The highest BCUT2D eigenvalue weighted by molar-refractivity contribution is 6.30. The van der Waals surface area contributed by atoms with Crippen molar-refractivity contribution in [2.75, 3.05) is 0 Å². The van der Waals surface area contributed by atoms with Crippen molar-refractivity contribution in [3.05, 3.63) is 53.3 Å². The van der Waals surface area contributed by atoms with Crippen molar-refractivity contribution >= 4 is 17.2 Å². The van der Waals surface area contributed by atoms with Gasteiger partial charge in [-0.15, -0.1) is 6.42 Å². The number of fused-ring (bicyclic) bond motifs is 1. The van der Waals surface area contributed by atoms with Gasteiger partial charge in [-0.3, -0.25) is 0 Å². The minimum atomic E-state index is 0.685. The Morgan fingerprint density at radius 1 is 1.17 bits per heavy atom. The smallest absolute Gasteiger partial charge is 0.171 e. The maximum Gasteiger partial charge on any atom is 0.171 e. The number of hydrogen-bond acceptors (Lipinski definition) is 2. The van der Waals surface area contributed by atoms with Crippen molar-refractivity contribution < 1.29 is 0 Å². The Morgan fingerprint density at radius 2 is 1.94 bits per heavy atom. The quantitative estimate of drug-likeness (QED) is 0.624. The summed E-state index contributed by atoms with van der Waals surface area (Å²) < 4.78 is 1.66. The van der Waals surface area contributed by atoms with Crippen LogP contribution in [0.5, 0.6) is 0 Å². The summed E-state index contributed by atoms with van der Waals surface area (Å²) in [5.41, 5.74) is 3.21. The van der Waals surface area contributed by atoms with E-state index >= 15 is 0 Å². The van der Waals surface area contributed by atoms with Crippen molar-refractivity contribution in [3.63, 3.8) is 0 Å². The molecule has 0 unspecified atom stereocenters. The molecule has 1 aromatic carbocycles. The molecule has 3 nitrogen and oxygen atoms in total. The zero-order valence-corrected chi connectivity index (χ0v) is 10.1. The Hall–Kier alpha value is -2.31. The maximum atomic E-state index is 5.86. The molecule has 0 fully saturated rings. The van der Waals surface area contributed by atoms with Gasteiger partial charge in [-0.1, -0.05) is 29.7 Å². The zero-order chi connectivity index (χ0) is 12.5. The third-order valence-corrected chi connectivity index (χ3v) is 2.92. The molecule has 3 rings (SSSR count). The lowest BCUT2D eigenvalue weighted by atomic mass is 10.1. The van der Waals surface area contributed by atoms with Gasteiger partial charge >= 0.3 is 0 Å². The number of benzene rings is 1. The molecule has 2 heterocycles. The summed E-state index contributed by atoms with van der Waals surface area (Å²) in [6.07, 6.45) is 8.88. The standard InChI is InChI=1S/C14H8ClN3/c1-2-10-9-16-18-8-7-13(17-14(10)18)11-3-5-12(15)6-4-11/h1,3-9H. The van der Waals surface area contributed by atoms with E-state index < -0.39 is 0 Å². The van der Waals surface area contributed by atoms with Crippen LogP contribution in [0.4, 0.5) is 0 Å². The molecular weight excluding hydrogens is 246 g/mol. The molecule has 0 radical (unpaired) electrons. The minimum absolute atomic E-state index is 0.685. The van der Waals surface area contributed by atoms with Crippen molar-refractivity contribution in [3.8, 4) is 23.6 Å². The van der Waals surface area contributed by atoms with E-state index in [1.165, 1.54) is 0 Å². The lowest BCUT2D eigenvalue weighted by Crippen LogP contribution is -1.92. The summed E-state index contributed by atoms with van der Waals surface area (Å²) >= 11 is 5.86. The van der Waals surface area contributed by atoms with E-state index in [4.69, 9.17) is 18.0 Å². The van der Waals surface area contributed by atoms with E-state index in [9.17, 15) is 0 Å². The van der Waals surface area contributed by atoms with Gasteiger partial charge in [0.1, 0.15) is 0 Å². The van der Waals surface area contributed by atoms with Crippen LogP contribution in [0.25, 0.3) is 16.9 Å². The SMILES string of the molecule is C#Cc1cnn2ccc(-c3ccc(Cl)cc3)nc12. The maximum absolute atomic E-state index is 5.86. The van der Waals surface area contributed by atoms with Gasteiger partial charge in [0, 0.05) is 16.8 Å². The third-order valence-electron chi connectivity index (χ3n) is 2.66. The highest BCUT2D eigenvalue weighted by Gasteiger charge is 2.05. The number of terminal acetylenes is 1. The van der Waals surface area contributed by atoms with Crippen LogP contribution in [-0.4, -0.2) is 14.6 Å². The first-order valence-corrected chi connectivity index (χ1v) is 5.72. The monoisotopic (exact) mass is 253 g/mol. The number of halogens is 1. The Bertz CT molecular complexity index is 751. The number of nitrogens with zero attached hydrogens (tertiary/aromatic N) is 3. The summed E-state index contributed by atoms with van der Waals surface area (Å²) in [4.78, 5) is 4.52. The Kier molecular flexibility index (Phi) is 2.51. The van der Waals surface area contributed by atoms with Gasteiger partial charge in [0.25, 0.3) is 0 Å². The van der Waals surface area contributed by atoms with Crippen LogP contribution in [0.1, 0.15) is 5.56 Å². The van der Waals surface area contributed by atoms with E-state index in [1.807, 2.05) is 36.5 Å². The predicted molar refractivity (Wildman–Crippen MR) is 71.4 cm³/mol. The average Bonchev–Trinajstić information content (AvgIpc) is 2.81. The Labute approximate surface area is 109 Å². The van der Waals surface area contributed by atoms with Crippen molar-refractivity contribution in [2.45, 2.75) is 0 Å². The van der Waals surface area contributed by atoms with E-state index in [0.717, 1.165) is 11.3 Å². The first-order valence-electron chi connectivity index (χ1n) is 5.35. The van der Waals surface area contributed by atoms with Gasteiger partial charge in [0.2, 0.25) is 0 Å². The van der Waals surface area contributed by atoms with Gasteiger partial charge in [0.05, 0.1) is 17.5 Å². The van der Waals surface area contributed by atoms with E-state index in [1.54, 1.807) is 10.7 Å². The third kappa shape index (κ3) is 1.73. The minimum Gasteiger partial charge on any atom is -0.227 e. The Balaban J connectivity index is 2.18. The fourth-order valence-corrected chi connectivity index (χ4v) is 1.88. The Morgan fingerprint density at radius 3 is 2.67 bits per heavy atom. The summed E-state index contributed by atoms with van der Waals surface area (Å²) in [5.74, 6) is 2.57. The first kappa shape index (κ1) is 10.8. The molecule has 3 aromatic rings. The second-order valence-corrected chi connectivity index (χ2v) is 4.23. The molecule has 0 bridgehead atoms. The normalized spacial score (nSPS) is 10.4. The van der Waals surface area contributed by atoms with Gasteiger partial charge in [-0.2, -0.15) is 5.10 Å². The lowest BCUT2D eigenvalue weighted by Gasteiger charge is -2.02. The molecule has 0 saturated heterocycles. The molecule has 2 aromatic heterocycles. The summed E-state index contributed by atoms with van der Waals surface area (Å²) in [6, 6.07) is 9.41.